The van der Waals surface area contributed by atoms with Crippen molar-refractivity contribution in [1.82, 2.24) is 15.0 Å². The molecule has 0 spiro atoms. The summed E-state index contributed by atoms with van der Waals surface area (Å²) in [5.74, 6) is 1.77. The number of likely N-dealkylation sites (tertiary alicyclic amines) is 1. The number of piperidine rings is 1. The second-order valence-corrected chi connectivity index (χ2v) is 7.64. The molecule has 1 aliphatic rings. The predicted molar refractivity (Wildman–Crippen MR) is 101 cm³/mol. The molecule has 1 atom stereocenters. The highest BCUT2D eigenvalue weighted by molar-refractivity contribution is 7.08. The molecule has 26 heavy (non-hydrogen) atoms. The molecule has 0 N–H and O–H groups in total. The van der Waals surface area contributed by atoms with E-state index in [2.05, 4.69) is 10.1 Å². The molecule has 1 aromatic carbocycles. The van der Waals surface area contributed by atoms with Crippen molar-refractivity contribution >= 4 is 17.2 Å². The van der Waals surface area contributed by atoms with E-state index in [-0.39, 0.29) is 5.91 Å². The number of carbonyl (C=O) groups is 1. The number of benzene rings is 1. The zero-order chi connectivity index (χ0) is 17.9. The van der Waals surface area contributed by atoms with E-state index in [1.165, 1.54) is 0 Å². The van der Waals surface area contributed by atoms with E-state index in [0.717, 1.165) is 42.6 Å². The van der Waals surface area contributed by atoms with Gasteiger partial charge in [-0.1, -0.05) is 22.9 Å². The first-order valence-corrected chi connectivity index (χ1v) is 9.84. The Balaban J connectivity index is 1.41. The molecule has 1 fully saturated rings. The lowest BCUT2D eigenvalue weighted by molar-refractivity contribution is 0.0668. The average molecular weight is 367 g/mol. The third kappa shape index (κ3) is 3.70. The van der Waals surface area contributed by atoms with Crippen molar-refractivity contribution in [2.45, 2.75) is 26.2 Å². The highest BCUT2D eigenvalue weighted by Gasteiger charge is 2.26. The summed E-state index contributed by atoms with van der Waals surface area (Å²) in [5.41, 5.74) is 2.87. The summed E-state index contributed by atoms with van der Waals surface area (Å²) in [7, 11) is 0. The van der Waals surface area contributed by atoms with Gasteiger partial charge in [-0.05, 0) is 49.3 Å². The van der Waals surface area contributed by atoms with Crippen LogP contribution in [0.5, 0.6) is 0 Å². The van der Waals surface area contributed by atoms with E-state index in [4.69, 9.17) is 4.52 Å². The van der Waals surface area contributed by atoms with Gasteiger partial charge in [-0.25, -0.2) is 0 Å². The van der Waals surface area contributed by atoms with Gasteiger partial charge in [-0.2, -0.15) is 16.3 Å². The van der Waals surface area contributed by atoms with Crippen LogP contribution in [0, 0.1) is 12.8 Å². The van der Waals surface area contributed by atoms with Gasteiger partial charge in [0.2, 0.25) is 11.7 Å². The second-order valence-electron chi connectivity index (χ2n) is 6.86. The quantitative estimate of drug-likeness (QED) is 0.693. The molecule has 6 heteroatoms. The van der Waals surface area contributed by atoms with Crippen LogP contribution in [0.25, 0.3) is 11.4 Å². The van der Waals surface area contributed by atoms with Crippen molar-refractivity contribution < 1.29 is 9.32 Å². The molecule has 1 unspecified atom stereocenters. The van der Waals surface area contributed by atoms with Crippen LogP contribution >= 0.6 is 11.3 Å². The molecule has 4 rings (SSSR count). The Morgan fingerprint density at radius 1 is 1.38 bits per heavy atom. The minimum absolute atomic E-state index is 0.114. The summed E-state index contributed by atoms with van der Waals surface area (Å²) < 4.78 is 5.43. The van der Waals surface area contributed by atoms with Crippen LogP contribution in [0.2, 0.25) is 0 Å². The first-order valence-electron chi connectivity index (χ1n) is 8.90. The zero-order valence-corrected chi connectivity index (χ0v) is 15.5. The van der Waals surface area contributed by atoms with Crippen molar-refractivity contribution in [2.75, 3.05) is 13.1 Å². The fraction of sp³-hybridized carbons (Fsp3) is 0.350. The number of thiophene rings is 1. The van der Waals surface area contributed by atoms with Crippen LogP contribution in [0.15, 0.2) is 45.6 Å². The zero-order valence-electron chi connectivity index (χ0n) is 14.7. The molecule has 3 aromatic rings. The van der Waals surface area contributed by atoms with Crippen LogP contribution in [-0.2, 0) is 6.42 Å². The summed E-state index contributed by atoms with van der Waals surface area (Å²) >= 11 is 1.62. The van der Waals surface area contributed by atoms with Crippen molar-refractivity contribution in [1.29, 1.82) is 0 Å². The summed E-state index contributed by atoms with van der Waals surface area (Å²) in [5, 5.41) is 8.09. The number of aryl methyl sites for hydroxylation is 1. The van der Waals surface area contributed by atoms with Gasteiger partial charge in [0.05, 0.1) is 0 Å². The molecule has 2 aromatic heterocycles. The Morgan fingerprint density at radius 3 is 3.12 bits per heavy atom. The van der Waals surface area contributed by atoms with Gasteiger partial charge in [-0.15, -0.1) is 0 Å². The van der Waals surface area contributed by atoms with E-state index in [1.54, 1.807) is 11.3 Å². The number of aromatic nitrogens is 2. The summed E-state index contributed by atoms with van der Waals surface area (Å²) in [6.45, 7) is 3.56. The van der Waals surface area contributed by atoms with E-state index in [9.17, 15) is 4.79 Å². The lowest BCUT2D eigenvalue weighted by Gasteiger charge is -2.32. The number of hydrogen-bond acceptors (Lipinski definition) is 5. The Kier molecular flexibility index (Phi) is 4.84. The lowest BCUT2D eigenvalue weighted by atomic mass is 9.94. The summed E-state index contributed by atoms with van der Waals surface area (Å²) in [6, 6.07) is 9.79. The highest BCUT2D eigenvalue weighted by atomic mass is 32.1. The van der Waals surface area contributed by atoms with Gasteiger partial charge in [0.15, 0.2) is 0 Å². The molecule has 1 amide bonds. The SMILES string of the molecule is Cc1cccc(C(=O)N2CCCC(Cc3nc(-c4ccsc4)no3)C2)c1. The largest absolute Gasteiger partial charge is 0.339 e. The maximum absolute atomic E-state index is 12.8. The van der Waals surface area contributed by atoms with Crippen LogP contribution in [0.1, 0.15) is 34.7 Å². The van der Waals surface area contributed by atoms with Gasteiger partial charge in [0.1, 0.15) is 0 Å². The molecule has 0 bridgehead atoms. The Labute approximate surface area is 156 Å². The fourth-order valence-corrected chi connectivity index (χ4v) is 4.10. The molecule has 0 aliphatic carbocycles. The molecule has 0 saturated carbocycles. The first-order chi connectivity index (χ1) is 12.7. The van der Waals surface area contributed by atoms with Crippen LogP contribution in [0.4, 0.5) is 0 Å². The van der Waals surface area contributed by atoms with Gasteiger partial charge < -0.3 is 9.42 Å². The Morgan fingerprint density at radius 2 is 2.31 bits per heavy atom. The van der Waals surface area contributed by atoms with Crippen molar-refractivity contribution in [3.63, 3.8) is 0 Å². The normalized spacial score (nSPS) is 17.4. The second kappa shape index (κ2) is 7.41. The standard InChI is InChI=1S/C20H21N3O2S/c1-14-4-2-6-16(10-14)20(24)23-8-3-5-15(12-23)11-18-21-19(22-25-18)17-7-9-26-13-17/h2,4,6-7,9-10,13,15H,3,5,8,11-12H2,1H3. The molecule has 5 nitrogen and oxygen atoms in total. The van der Waals surface area contributed by atoms with Gasteiger partial charge in [0.25, 0.3) is 5.91 Å². The maximum Gasteiger partial charge on any atom is 0.253 e. The Hall–Kier alpha value is -2.47. The molecular formula is C20H21N3O2S. The minimum atomic E-state index is 0.114. The third-order valence-corrected chi connectivity index (χ3v) is 5.47. The number of hydrogen-bond donors (Lipinski definition) is 0. The van der Waals surface area contributed by atoms with Crippen molar-refractivity contribution in [3.8, 4) is 11.4 Å². The average Bonchev–Trinajstić information content (AvgIpc) is 3.33. The summed E-state index contributed by atoms with van der Waals surface area (Å²) in [6.07, 6.45) is 2.80. The number of carbonyl (C=O) groups excluding carboxylic acids is 1. The smallest absolute Gasteiger partial charge is 0.253 e. The minimum Gasteiger partial charge on any atom is -0.339 e. The monoisotopic (exact) mass is 367 g/mol. The molecule has 1 aliphatic heterocycles. The van der Waals surface area contributed by atoms with Crippen LogP contribution in [-0.4, -0.2) is 34.0 Å². The number of nitrogens with zero attached hydrogens (tertiary/aromatic N) is 3. The van der Waals surface area contributed by atoms with E-state index in [0.29, 0.717) is 24.1 Å². The van der Waals surface area contributed by atoms with Gasteiger partial charge in [-0.3, -0.25) is 4.79 Å². The lowest BCUT2D eigenvalue weighted by Crippen LogP contribution is -2.40. The molecule has 0 radical (unpaired) electrons. The van der Waals surface area contributed by atoms with E-state index < -0.39 is 0 Å². The third-order valence-electron chi connectivity index (χ3n) is 4.78. The van der Waals surface area contributed by atoms with Gasteiger partial charge >= 0.3 is 0 Å². The number of amides is 1. The van der Waals surface area contributed by atoms with Crippen molar-refractivity contribution in [3.05, 3.63) is 58.1 Å². The topological polar surface area (TPSA) is 59.2 Å². The first kappa shape index (κ1) is 17.0. The molecular weight excluding hydrogens is 346 g/mol. The van der Waals surface area contributed by atoms with Crippen LogP contribution < -0.4 is 0 Å². The molecule has 3 heterocycles. The van der Waals surface area contributed by atoms with E-state index >= 15 is 0 Å². The Bertz CT molecular complexity index is 888. The van der Waals surface area contributed by atoms with Crippen LogP contribution in [0.3, 0.4) is 0 Å². The van der Waals surface area contributed by atoms with Gasteiger partial charge in [0, 0.05) is 36.0 Å². The summed E-state index contributed by atoms with van der Waals surface area (Å²) in [4.78, 5) is 19.3. The number of rotatable bonds is 4. The van der Waals surface area contributed by atoms with E-state index in [1.807, 2.05) is 52.9 Å². The maximum atomic E-state index is 12.8. The fourth-order valence-electron chi connectivity index (χ4n) is 3.47. The molecule has 1 saturated heterocycles. The predicted octanol–water partition coefficient (Wildman–Crippen LogP) is 4.20. The highest BCUT2D eigenvalue weighted by Crippen LogP contribution is 2.24. The molecule has 134 valence electrons. The van der Waals surface area contributed by atoms with Crippen molar-refractivity contribution in [2.24, 2.45) is 5.92 Å².